The average Bonchev–Trinajstić information content (AvgIpc) is 2.67. The molecule has 3 N–H and O–H groups in total. The summed E-state index contributed by atoms with van der Waals surface area (Å²) in [5.74, 6) is 1.19. The van der Waals surface area contributed by atoms with Crippen LogP contribution in [0, 0.1) is 0 Å². The zero-order chi connectivity index (χ0) is 19.0. The number of anilines is 2. The van der Waals surface area contributed by atoms with E-state index in [4.69, 9.17) is 10.7 Å². The van der Waals surface area contributed by atoms with Gasteiger partial charge in [-0.25, -0.2) is 0 Å². The van der Waals surface area contributed by atoms with E-state index in [1.807, 2.05) is 7.05 Å². The Morgan fingerprint density at radius 2 is 1.50 bits per heavy atom. The van der Waals surface area contributed by atoms with Gasteiger partial charge in [0.25, 0.3) is 0 Å². The molecule has 0 unspecified atom stereocenters. The number of nitrogens with two attached hydrogens (primary N) is 1. The molecule has 4 nitrogen and oxygen atoms in total. The molecule has 1 heterocycles. The molecular formula is C21H36N4Sn. The SMILES string of the molecule is CCC[CH2][Sn]([CH2]CCC)([CH2]CCC)[c]1ccc2c(N)nc(NC)nc2c1. The fourth-order valence-electron chi connectivity index (χ4n) is 3.95. The van der Waals surface area contributed by atoms with Gasteiger partial charge < -0.3 is 0 Å². The van der Waals surface area contributed by atoms with E-state index in [0.717, 1.165) is 10.9 Å². The Kier molecular flexibility index (Phi) is 8.45. The van der Waals surface area contributed by atoms with Crippen molar-refractivity contribution in [1.29, 1.82) is 0 Å². The molecule has 0 aliphatic heterocycles. The summed E-state index contributed by atoms with van der Waals surface area (Å²) in [6, 6.07) is 6.92. The summed E-state index contributed by atoms with van der Waals surface area (Å²) >= 11 is -2.43. The van der Waals surface area contributed by atoms with Crippen molar-refractivity contribution >= 4 is 44.6 Å². The minimum atomic E-state index is -2.43. The van der Waals surface area contributed by atoms with Crippen LogP contribution in [0.3, 0.4) is 0 Å². The van der Waals surface area contributed by atoms with Crippen LogP contribution in [0.4, 0.5) is 11.8 Å². The Morgan fingerprint density at radius 1 is 0.923 bits per heavy atom. The third-order valence-electron chi connectivity index (χ3n) is 5.59. The Bertz CT molecular complexity index is 680. The van der Waals surface area contributed by atoms with E-state index in [1.165, 1.54) is 51.8 Å². The molecule has 0 bridgehead atoms. The van der Waals surface area contributed by atoms with Crippen molar-refractivity contribution in [1.82, 2.24) is 9.97 Å². The molecule has 2 aromatic rings. The summed E-state index contributed by atoms with van der Waals surface area (Å²) in [4.78, 5) is 9.03. The Labute approximate surface area is 163 Å². The molecular weight excluding hydrogens is 427 g/mol. The van der Waals surface area contributed by atoms with Gasteiger partial charge in [-0.15, -0.1) is 0 Å². The number of fused-ring (bicyclic) bond motifs is 1. The topological polar surface area (TPSA) is 63.8 Å². The van der Waals surface area contributed by atoms with Gasteiger partial charge in [0.2, 0.25) is 0 Å². The van der Waals surface area contributed by atoms with Crippen molar-refractivity contribution in [2.45, 2.75) is 72.6 Å². The van der Waals surface area contributed by atoms with Crippen LogP contribution in [-0.4, -0.2) is 35.4 Å². The molecule has 0 saturated carbocycles. The van der Waals surface area contributed by atoms with Crippen LogP contribution in [0.25, 0.3) is 10.9 Å². The maximum atomic E-state index is 6.16. The first kappa shape index (κ1) is 21.3. The number of hydrogen-bond donors (Lipinski definition) is 2. The van der Waals surface area contributed by atoms with E-state index in [1.54, 1.807) is 3.58 Å². The third-order valence-corrected chi connectivity index (χ3v) is 21.2. The van der Waals surface area contributed by atoms with E-state index >= 15 is 0 Å². The number of unbranched alkanes of at least 4 members (excludes halogenated alkanes) is 3. The minimum absolute atomic E-state index is 0.572. The van der Waals surface area contributed by atoms with Crippen molar-refractivity contribution in [2.75, 3.05) is 18.1 Å². The molecule has 1 aromatic carbocycles. The second-order valence-electron chi connectivity index (χ2n) is 7.51. The number of nitrogens with zero attached hydrogens (tertiary/aromatic N) is 2. The van der Waals surface area contributed by atoms with Gasteiger partial charge in [0, 0.05) is 0 Å². The van der Waals surface area contributed by atoms with Crippen molar-refractivity contribution in [3.63, 3.8) is 0 Å². The van der Waals surface area contributed by atoms with Gasteiger partial charge in [0.15, 0.2) is 0 Å². The standard InChI is InChI=1S/C9H9N4.3C4H9.Sn/c1-11-9-12-7-5-3-2-4-6(7)8(10)13-9;3*1-3-4-2;/h2,4-5H,1H3,(H3,10,11,12,13);3*1,3-4H2,2H3;. The molecule has 0 saturated heterocycles. The van der Waals surface area contributed by atoms with E-state index in [9.17, 15) is 0 Å². The summed E-state index contributed by atoms with van der Waals surface area (Å²) in [7, 11) is 1.84. The van der Waals surface area contributed by atoms with Gasteiger partial charge in [-0.05, 0) is 0 Å². The molecule has 0 radical (unpaired) electrons. The number of rotatable bonds is 11. The number of benzene rings is 1. The van der Waals surface area contributed by atoms with Gasteiger partial charge >= 0.3 is 163 Å². The zero-order valence-electron chi connectivity index (χ0n) is 17.1. The Morgan fingerprint density at radius 3 is 2.00 bits per heavy atom. The Balaban J connectivity index is 2.52. The van der Waals surface area contributed by atoms with Crippen LogP contribution < -0.4 is 14.6 Å². The summed E-state index contributed by atoms with van der Waals surface area (Å²) in [6.07, 6.45) is 8.00. The van der Waals surface area contributed by atoms with Gasteiger partial charge in [0.05, 0.1) is 0 Å². The van der Waals surface area contributed by atoms with E-state index in [-0.39, 0.29) is 0 Å². The zero-order valence-corrected chi connectivity index (χ0v) is 19.9. The first-order chi connectivity index (χ1) is 12.6. The fraction of sp³-hybridized carbons (Fsp3) is 0.619. The van der Waals surface area contributed by atoms with Crippen molar-refractivity contribution in [3.8, 4) is 0 Å². The van der Waals surface area contributed by atoms with Crippen LogP contribution in [0.5, 0.6) is 0 Å². The number of aromatic nitrogens is 2. The van der Waals surface area contributed by atoms with E-state index in [2.05, 4.69) is 49.3 Å². The first-order valence-corrected chi connectivity index (χ1v) is 17.8. The molecule has 1 aromatic heterocycles. The molecule has 2 rings (SSSR count). The first-order valence-electron chi connectivity index (χ1n) is 10.4. The summed E-state index contributed by atoms with van der Waals surface area (Å²) < 4.78 is 6.05. The molecule has 0 atom stereocenters. The normalized spacial score (nSPS) is 11.8. The van der Waals surface area contributed by atoms with Crippen LogP contribution in [0.15, 0.2) is 18.2 Å². The van der Waals surface area contributed by atoms with E-state index in [0.29, 0.717) is 11.8 Å². The summed E-state index contributed by atoms with van der Waals surface area (Å²) in [5.41, 5.74) is 7.16. The number of nitrogens with one attached hydrogen (secondary N) is 1. The Hall–Kier alpha value is -1.04. The van der Waals surface area contributed by atoms with Gasteiger partial charge in [0.1, 0.15) is 0 Å². The predicted octanol–water partition coefficient (Wildman–Crippen LogP) is 5.31. The predicted molar refractivity (Wildman–Crippen MR) is 118 cm³/mol. The van der Waals surface area contributed by atoms with Crippen molar-refractivity contribution < 1.29 is 0 Å². The molecule has 0 aliphatic carbocycles. The third kappa shape index (κ3) is 5.02. The quantitative estimate of drug-likeness (QED) is 0.444. The molecule has 144 valence electrons. The number of hydrogen-bond acceptors (Lipinski definition) is 4. The summed E-state index contributed by atoms with van der Waals surface area (Å²) in [5, 5.41) is 4.02. The van der Waals surface area contributed by atoms with Gasteiger partial charge in [-0.2, -0.15) is 0 Å². The average molecular weight is 463 g/mol. The summed E-state index contributed by atoms with van der Waals surface area (Å²) in [6.45, 7) is 6.97. The van der Waals surface area contributed by atoms with Crippen LogP contribution in [0.2, 0.25) is 13.3 Å². The maximum absolute atomic E-state index is 6.16. The molecule has 26 heavy (non-hydrogen) atoms. The number of nitrogen functional groups attached to an aromatic ring is 1. The van der Waals surface area contributed by atoms with Crippen LogP contribution >= 0.6 is 0 Å². The molecule has 0 fully saturated rings. The molecule has 0 aliphatic rings. The van der Waals surface area contributed by atoms with Crippen LogP contribution in [-0.2, 0) is 0 Å². The van der Waals surface area contributed by atoms with Gasteiger partial charge in [-0.1, -0.05) is 0 Å². The second-order valence-corrected chi connectivity index (χ2v) is 20.7. The fourth-order valence-corrected chi connectivity index (χ4v) is 19.9. The molecule has 0 spiro atoms. The molecule has 5 heteroatoms. The monoisotopic (exact) mass is 464 g/mol. The second kappa shape index (κ2) is 10.3. The van der Waals surface area contributed by atoms with Crippen molar-refractivity contribution in [2.24, 2.45) is 0 Å². The van der Waals surface area contributed by atoms with Crippen LogP contribution in [0.1, 0.15) is 59.3 Å². The van der Waals surface area contributed by atoms with Gasteiger partial charge in [-0.3, -0.25) is 0 Å². The van der Waals surface area contributed by atoms with Crippen molar-refractivity contribution in [3.05, 3.63) is 18.2 Å². The van der Waals surface area contributed by atoms with E-state index < -0.39 is 18.4 Å². The molecule has 0 amide bonds.